The lowest BCUT2D eigenvalue weighted by Gasteiger charge is -2.12. The second-order valence-electron chi connectivity index (χ2n) is 3.82. The summed E-state index contributed by atoms with van der Waals surface area (Å²) in [4.78, 5) is 4.78. The summed E-state index contributed by atoms with van der Waals surface area (Å²) in [5, 5.41) is 0. The smallest absolute Gasteiger partial charge is 0.175 e. The van der Waals surface area contributed by atoms with E-state index in [9.17, 15) is 8.42 Å². The molecule has 96 valence electrons. The fourth-order valence-corrected chi connectivity index (χ4v) is 2.66. The van der Waals surface area contributed by atoms with E-state index < -0.39 is 9.84 Å². The Labute approximate surface area is 101 Å². The summed E-state index contributed by atoms with van der Waals surface area (Å²) in [7, 11) is -1.72. The summed E-state index contributed by atoms with van der Waals surface area (Å²) < 4.78 is 28.5. The minimum absolute atomic E-state index is 0.259. The molecule has 6 heteroatoms. The fourth-order valence-electron chi connectivity index (χ4n) is 1.63. The summed E-state index contributed by atoms with van der Waals surface area (Å²) in [6.07, 6.45) is 1.61. The maximum atomic E-state index is 11.7. The van der Waals surface area contributed by atoms with Crippen molar-refractivity contribution in [2.45, 2.75) is 18.2 Å². The normalized spacial score (nSPS) is 11.5. The van der Waals surface area contributed by atoms with Gasteiger partial charge in [-0.25, -0.2) is 14.3 Å². The predicted molar refractivity (Wildman–Crippen MR) is 64.7 cm³/mol. The minimum Gasteiger partial charge on any atom is -0.496 e. The van der Waals surface area contributed by atoms with Crippen LogP contribution in [0.5, 0.6) is 5.75 Å². The number of aryl methyl sites for hydroxylation is 1. The zero-order valence-electron chi connectivity index (χ0n) is 10.2. The maximum Gasteiger partial charge on any atom is 0.175 e. The van der Waals surface area contributed by atoms with E-state index in [0.29, 0.717) is 22.6 Å². The number of methoxy groups -OCH3 is 1. The first kappa shape index (κ1) is 14.0. The standard InChI is InChI=1S/C11H17NO4S/c1-8-6-11(17(3,13)14)9(4-5-16-12)7-10(8)15-2/h6-7H,4-5,12H2,1-3H3. The van der Waals surface area contributed by atoms with Gasteiger partial charge in [-0.05, 0) is 36.6 Å². The third kappa shape index (κ3) is 3.42. The van der Waals surface area contributed by atoms with Gasteiger partial charge in [-0.15, -0.1) is 0 Å². The molecule has 1 aromatic rings. The van der Waals surface area contributed by atoms with Crippen LogP contribution in [0.4, 0.5) is 0 Å². The predicted octanol–water partition coefficient (Wildman–Crippen LogP) is 0.840. The zero-order valence-corrected chi connectivity index (χ0v) is 11.0. The van der Waals surface area contributed by atoms with Gasteiger partial charge in [0.2, 0.25) is 0 Å². The molecule has 0 saturated carbocycles. The van der Waals surface area contributed by atoms with E-state index >= 15 is 0 Å². The van der Waals surface area contributed by atoms with Crippen molar-refractivity contribution in [2.75, 3.05) is 20.0 Å². The van der Waals surface area contributed by atoms with E-state index in [1.807, 2.05) is 0 Å². The molecular weight excluding hydrogens is 242 g/mol. The summed E-state index contributed by atoms with van der Waals surface area (Å²) in [6, 6.07) is 3.32. The Morgan fingerprint density at radius 2 is 2.00 bits per heavy atom. The largest absolute Gasteiger partial charge is 0.496 e. The third-order valence-electron chi connectivity index (χ3n) is 2.47. The van der Waals surface area contributed by atoms with Crippen LogP contribution in [0, 0.1) is 6.92 Å². The Morgan fingerprint density at radius 3 is 2.47 bits per heavy atom. The molecule has 0 aromatic heterocycles. The van der Waals surface area contributed by atoms with E-state index in [2.05, 4.69) is 4.84 Å². The number of sulfone groups is 1. The van der Waals surface area contributed by atoms with Gasteiger partial charge in [0.15, 0.2) is 9.84 Å². The first-order chi connectivity index (χ1) is 7.90. The molecule has 0 amide bonds. The summed E-state index contributed by atoms with van der Waals surface area (Å²) >= 11 is 0. The van der Waals surface area contributed by atoms with Gasteiger partial charge in [-0.1, -0.05) is 0 Å². The molecule has 0 bridgehead atoms. The van der Waals surface area contributed by atoms with E-state index in [0.717, 1.165) is 5.56 Å². The van der Waals surface area contributed by atoms with Crippen molar-refractivity contribution < 1.29 is 18.0 Å². The molecule has 0 atom stereocenters. The Balaban J connectivity index is 3.31. The molecule has 17 heavy (non-hydrogen) atoms. The van der Waals surface area contributed by atoms with Crippen LogP contribution in [0.2, 0.25) is 0 Å². The van der Waals surface area contributed by atoms with Crippen LogP contribution in [-0.2, 0) is 21.1 Å². The molecule has 5 nitrogen and oxygen atoms in total. The lowest BCUT2D eigenvalue weighted by molar-refractivity contribution is 0.141. The van der Waals surface area contributed by atoms with E-state index in [-0.39, 0.29) is 6.61 Å². The first-order valence-corrected chi connectivity index (χ1v) is 6.98. The Bertz CT molecular complexity index is 496. The number of benzene rings is 1. The molecule has 0 aliphatic heterocycles. The van der Waals surface area contributed by atoms with Gasteiger partial charge in [-0.3, -0.25) is 0 Å². The molecule has 0 unspecified atom stereocenters. The maximum absolute atomic E-state index is 11.7. The van der Waals surface area contributed by atoms with Crippen LogP contribution >= 0.6 is 0 Å². The lowest BCUT2D eigenvalue weighted by atomic mass is 10.1. The van der Waals surface area contributed by atoms with Gasteiger partial charge >= 0.3 is 0 Å². The van der Waals surface area contributed by atoms with Crippen LogP contribution in [0.25, 0.3) is 0 Å². The molecule has 0 aliphatic carbocycles. The molecule has 0 fully saturated rings. The van der Waals surface area contributed by atoms with Crippen molar-refractivity contribution in [3.63, 3.8) is 0 Å². The number of hydrogen-bond donors (Lipinski definition) is 1. The number of rotatable bonds is 5. The van der Waals surface area contributed by atoms with E-state index in [1.165, 1.54) is 6.26 Å². The van der Waals surface area contributed by atoms with E-state index in [1.54, 1.807) is 26.2 Å². The van der Waals surface area contributed by atoms with Crippen molar-refractivity contribution in [1.29, 1.82) is 0 Å². The topological polar surface area (TPSA) is 78.6 Å². The zero-order chi connectivity index (χ0) is 13.1. The molecule has 0 saturated heterocycles. The highest BCUT2D eigenvalue weighted by atomic mass is 32.2. The first-order valence-electron chi connectivity index (χ1n) is 5.09. The van der Waals surface area contributed by atoms with Gasteiger partial charge < -0.3 is 9.57 Å². The molecule has 0 aliphatic rings. The highest BCUT2D eigenvalue weighted by Gasteiger charge is 2.16. The number of hydrogen-bond acceptors (Lipinski definition) is 5. The molecule has 1 rings (SSSR count). The van der Waals surface area contributed by atoms with Gasteiger partial charge in [-0.2, -0.15) is 0 Å². The van der Waals surface area contributed by atoms with Crippen molar-refractivity contribution in [2.24, 2.45) is 5.90 Å². The molecule has 1 aromatic carbocycles. The molecule has 0 radical (unpaired) electrons. The van der Waals surface area contributed by atoms with Crippen molar-refractivity contribution in [1.82, 2.24) is 0 Å². The molecule has 0 spiro atoms. The van der Waals surface area contributed by atoms with Gasteiger partial charge in [0.05, 0.1) is 18.6 Å². The minimum atomic E-state index is -3.26. The Morgan fingerprint density at radius 1 is 1.35 bits per heavy atom. The summed E-state index contributed by atoms with van der Waals surface area (Å²) in [5.74, 6) is 5.61. The van der Waals surface area contributed by atoms with Crippen molar-refractivity contribution in [3.05, 3.63) is 23.3 Å². The van der Waals surface area contributed by atoms with Crippen LogP contribution in [0.3, 0.4) is 0 Å². The monoisotopic (exact) mass is 259 g/mol. The SMILES string of the molecule is COc1cc(CCON)c(S(C)(=O)=O)cc1C. The van der Waals surface area contributed by atoms with Crippen LogP contribution in [-0.4, -0.2) is 28.4 Å². The van der Waals surface area contributed by atoms with Crippen LogP contribution < -0.4 is 10.6 Å². The van der Waals surface area contributed by atoms with Gasteiger partial charge in [0.1, 0.15) is 5.75 Å². The van der Waals surface area contributed by atoms with Crippen molar-refractivity contribution >= 4 is 9.84 Å². The summed E-state index contributed by atoms with van der Waals surface area (Å²) in [5.41, 5.74) is 1.44. The Hall–Kier alpha value is -1.11. The third-order valence-corrected chi connectivity index (χ3v) is 3.65. The molecule has 2 N–H and O–H groups in total. The van der Waals surface area contributed by atoms with Gasteiger partial charge in [0.25, 0.3) is 0 Å². The highest BCUT2D eigenvalue weighted by molar-refractivity contribution is 7.90. The summed E-state index contributed by atoms with van der Waals surface area (Å²) in [6.45, 7) is 2.06. The van der Waals surface area contributed by atoms with Crippen molar-refractivity contribution in [3.8, 4) is 5.75 Å². The van der Waals surface area contributed by atoms with Gasteiger partial charge in [0, 0.05) is 6.26 Å². The number of nitrogens with two attached hydrogens (primary N) is 1. The lowest BCUT2D eigenvalue weighted by Crippen LogP contribution is -2.09. The molecule has 0 heterocycles. The average molecular weight is 259 g/mol. The molecular formula is C11H17NO4S. The van der Waals surface area contributed by atoms with E-state index in [4.69, 9.17) is 10.6 Å². The second kappa shape index (κ2) is 5.48. The Kier molecular flexibility index (Phi) is 4.50. The average Bonchev–Trinajstić information content (AvgIpc) is 2.25. The fraction of sp³-hybridized carbons (Fsp3) is 0.455. The second-order valence-corrected chi connectivity index (χ2v) is 5.81. The highest BCUT2D eigenvalue weighted by Crippen LogP contribution is 2.26. The van der Waals surface area contributed by atoms with Crippen LogP contribution in [0.15, 0.2) is 17.0 Å². The quantitative estimate of drug-likeness (QED) is 0.793. The van der Waals surface area contributed by atoms with Crippen LogP contribution in [0.1, 0.15) is 11.1 Å². The number of ether oxygens (including phenoxy) is 1.